The van der Waals surface area contributed by atoms with E-state index in [2.05, 4.69) is 24.1 Å². The third kappa shape index (κ3) is 4.89. The van der Waals surface area contributed by atoms with Crippen molar-refractivity contribution in [2.45, 2.75) is 64.8 Å². The van der Waals surface area contributed by atoms with Crippen LogP contribution in [0.2, 0.25) is 0 Å². The smallest absolute Gasteiger partial charge is 0.00509 e. The molecule has 1 heterocycles. The molecular weight excluding hydrogens is 220 g/mol. The van der Waals surface area contributed by atoms with Crippen molar-refractivity contribution >= 4 is 0 Å². The molecule has 3 atom stereocenters. The molecule has 2 aliphatic rings. The van der Waals surface area contributed by atoms with Crippen LogP contribution in [0.4, 0.5) is 0 Å². The summed E-state index contributed by atoms with van der Waals surface area (Å²) in [6.45, 7) is 9.93. The van der Waals surface area contributed by atoms with Gasteiger partial charge in [0.25, 0.3) is 0 Å². The lowest BCUT2D eigenvalue weighted by Gasteiger charge is -2.31. The van der Waals surface area contributed by atoms with Gasteiger partial charge in [-0.2, -0.15) is 0 Å². The van der Waals surface area contributed by atoms with E-state index >= 15 is 0 Å². The highest BCUT2D eigenvalue weighted by atomic mass is 15.1. The molecule has 0 radical (unpaired) electrons. The van der Waals surface area contributed by atoms with Gasteiger partial charge in [-0.1, -0.05) is 26.2 Å². The molecule has 0 bridgehead atoms. The molecule has 2 heteroatoms. The van der Waals surface area contributed by atoms with Gasteiger partial charge in [0.15, 0.2) is 0 Å². The minimum Gasteiger partial charge on any atom is -0.314 e. The van der Waals surface area contributed by atoms with Crippen molar-refractivity contribution in [3.63, 3.8) is 0 Å². The van der Waals surface area contributed by atoms with Crippen molar-refractivity contribution in [3.8, 4) is 0 Å². The van der Waals surface area contributed by atoms with Crippen LogP contribution in [0.25, 0.3) is 0 Å². The standard InChI is InChI=1S/C16H32N2/c1-14-5-3-6-16(13-14)8-12-18-10-4-9-17-15(2)7-11-18/h14-17H,3-13H2,1-2H3. The molecule has 0 aromatic heterocycles. The first-order valence-corrected chi connectivity index (χ1v) is 8.20. The van der Waals surface area contributed by atoms with Gasteiger partial charge in [-0.05, 0) is 70.6 Å². The average molecular weight is 252 g/mol. The van der Waals surface area contributed by atoms with Crippen LogP contribution >= 0.6 is 0 Å². The van der Waals surface area contributed by atoms with Gasteiger partial charge in [-0.3, -0.25) is 0 Å². The normalized spacial score (nSPS) is 36.0. The van der Waals surface area contributed by atoms with Crippen molar-refractivity contribution in [3.05, 3.63) is 0 Å². The molecule has 2 rings (SSSR count). The first-order chi connectivity index (χ1) is 8.74. The van der Waals surface area contributed by atoms with Gasteiger partial charge in [-0.25, -0.2) is 0 Å². The molecule has 1 N–H and O–H groups in total. The topological polar surface area (TPSA) is 15.3 Å². The molecule has 1 aliphatic heterocycles. The SMILES string of the molecule is CC1CCCC(CCN2CCCNC(C)CC2)C1. The maximum absolute atomic E-state index is 3.59. The molecular formula is C16H32N2. The molecule has 2 fully saturated rings. The molecule has 1 aliphatic carbocycles. The first kappa shape index (κ1) is 14.3. The summed E-state index contributed by atoms with van der Waals surface area (Å²) in [4.78, 5) is 2.72. The molecule has 106 valence electrons. The molecule has 0 aromatic carbocycles. The van der Waals surface area contributed by atoms with E-state index in [0.29, 0.717) is 6.04 Å². The van der Waals surface area contributed by atoms with Crippen LogP contribution in [0, 0.1) is 11.8 Å². The Bertz CT molecular complexity index is 229. The summed E-state index contributed by atoms with van der Waals surface area (Å²) < 4.78 is 0. The Hall–Kier alpha value is -0.0800. The fourth-order valence-electron chi connectivity index (χ4n) is 3.65. The van der Waals surface area contributed by atoms with Crippen LogP contribution in [0.3, 0.4) is 0 Å². The van der Waals surface area contributed by atoms with E-state index in [-0.39, 0.29) is 0 Å². The molecule has 1 saturated heterocycles. The maximum atomic E-state index is 3.59. The Morgan fingerprint density at radius 1 is 1.06 bits per heavy atom. The minimum absolute atomic E-state index is 0.711. The molecule has 18 heavy (non-hydrogen) atoms. The van der Waals surface area contributed by atoms with Gasteiger partial charge in [-0.15, -0.1) is 0 Å². The Balaban J connectivity index is 1.67. The Morgan fingerprint density at radius 2 is 1.94 bits per heavy atom. The van der Waals surface area contributed by atoms with E-state index in [1.807, 2.05) is 0 Å². The Kier molecular flexibility index (Phi) is 5.97. The zero-order chi connectivity index (χ0) is 12.8. The first-order valence-electron chi connectivity index (χ1n) is 8.20. The van der Waals surface area contributed by atoms with Gasteiger partial charge in [0.2, 0.25) is 0 Å². The molecule has 1 saturated carbocycles. The Labute approximate surface area is 114 Å². The monoisotopic (exact) mass is 252 g/mol. The van der Waals surface area contributed by atoms with Gasteiger partial charge < -0.3 is 10.2 Å². The fraction of sp³-hybridized carbons (Fsp3) is 1.00. The van der Waals surface area contributed by atoms with Gasteiger partial charge in [0.1, 0.15) is 0 Å². The van der Waals surface area contributed by atoms with Crippen LogP contribution in [-0.4, -0.2) is 37.1 Å². The third-order valence-electron chi connectivity index (χ3n) is 4.92. The summed E-state index contributed by atoms with van der Waals surface area (Å²) in [6, 6.07) is 0.711. The number of nitrogens with zero attached hydrogens (tertiary/aromatic N) is 1. The van der Waals surface area contributed by atoms with E-state index in [1.54, 1.807) is 0 Å². The molecule has 2 nitrogen and oxygen atoms in total. The quantitative estimate of drug-likeness (QED) is 0.829. The zero-order valence-electron chi connectivity index (χ0n) is 12.5. The summed E-state index contributed by atoms with van der Waals surface area (Å²) in [5.74, 6) is 2.01. The predicted molar refractivity (Wildman–Crippen MR) is 78.9 cm³/mol. The Morgan fingerprint density at radius 3 is 2.78 bits per heavy atom. The molecule has 3 unspecified atom stereocenters. The van der Waals surface area contributed by atoms with Crippen molar-refractivity contribution in [1.29, 1.82) is 0 Å². The molecule has 0 spiro atoms. The van der Waals surface area contributed by atoms with Crippen LogP contribution in [0.1, 0.15) is 58.8 Å². The van der Waals surface area contributed by atoms with E-state index in [0.717, 1.165) is 11.8 Å². The van der Waals surface area contributed by atoms with E-state index in [1.165, 1.54) is 71.1 Å². The zero-order valence-corrected chi connectivity index (χ0v) is 12.5. The maximum Gasteiger partial charge on any atom is 0.00509 e. The second kappa shape index (κ2) is 7.49. The largest absolute Gasteiger partial charge is 0.314 e. The van der Waals surface area contributed by atoms with E-state index in [4.69, 9.17) is 0 Å². The van der Waals surface area contributed by atoms with E-state index < -0.39 is 0 Å². The summed E-state index contributed by atoms with van der Waals surface area (Å²) >= 11 is 0. The number of rotatable bonds is 3. The average Bonchev–Trinajstić information content (AvgIpc) is 2.34. The van der Waals surface area contributed by atoms with Gasteiger partial charge in [0, 0.05) is 6.04 Å². The number of nitrogens with one attached hydrogen (secondary N) is 1. The highest BCUT2D eigenvalue weighted by molar-refractivity contribution is 4.74. The predicted octanol–water partition coefficient (Wildman–Crippen LogP) is 3.28. The number of hydrogen-bond donors (Lipinski definition) is 1. The van der Waals surface area contributed by atoms with Crippen molar-refractivity contribution in [2.24, 2.45) is 11.8 Å². The van der Waals surface area contributed by atoms with Crippen molar-refractivity contribution in [1.82, 2.24) is 10.2 Å². The third-order valence-corrected chi connectivity index (χ3v) is 4.92. The minimum atomic E-state index is 0.711. The summed E-state index contributed by atoms with van der Waals surface area (Å²) in [7, 11) is 0. The van der Waals surface area contributed by atoms with Crippen molar-refractivity contribution in [2.75, 3.05) is 26.2 Å². The highest BCUT2D eigenvalue weighted by Crippen LogP contribution is 2.30. The molecule has 0 aromatic rings. The van der Waals surface area contributed by atoms with Gasteiger partial charge >= 0.3 is 0 Å². The summed E-state index contributed by atoms with van der Waals surface area (Å²) in [6.07, 6.45) is 10.0. The van der Waals surface area contributed by atoms with Crippen LogP contribution in [0.5, 0.6) is 0 Å². The lowest BCUT2D eigenvalue weighted by Crippen LogP contribution is -2.39. The van der Waals surface area contributed by atoms with Gasteiger partial charge in [0.05, 0.1) is 0 Å². The lowest BCUT2D eigenvalue weighted by atomic mass is 9.81. The van der Waals surface area contributed by atoms with Crippen LogP contribution in [-0.2, 0) is 0 Å². The second-order valence-electron chi connectivity index (χ2n) is 6.77. The van der Waals surface area contributed by atoms with Crippen LogP contribution < -0.4 is 5.32 Å². The second-order valence-corrected chi connectivity index (χ2v) is 6.77. The summed E-state index contributed by atoms with van der Waals surface area (Å²) in [5, 5.41) is 3.59. The van der Waals surface area contributed by atoms with Crippen molar-refractivity contribution < 1.29 is 0 Å². The van der Waals surface area contributed by atoms with Crippen LogP contribution in [0.15, 0.2) is 0 Å². The number of hydrogen-bond acceptors (Lipinski definition) is 2. The fourth-order valence-corrected chi connectivity index (χ4v) is 3.65. The lowest BCUT2D eigenvalue weighted by molar-refractivity contribution is 0.195. The molecule has 0 amide bonds. The highest BCUT2D eigenvalue weighted by Gasteiger charge is 2.20. The van der Waals surface area contributed by atoms with E-state index in [9.17, 15) is 0 Å². The summed E-state index contributed by atoms with van der Waals surface area (Å²) in [5.41, 5.74) is 0.